The normalized spacial score (nSPS) is 11.5. The maximum atomic E-state index is 13.5. The number of rotatable bonds is 11. The molecular weight excluding hydrogens is 551 g/mol. The fourth-order valence-corrected chi connectivity index (χ4v) is 4.31. The number of hydrogen-bond acceptors (Lipinski definition) is 3. The second-order valence-electron chi connectivity index (χ2n) is 7.96. The van der Waals surface area contributed by atoms with E-state index in [2.05, 4.69) is 21.2 Å². The lowest BCUT2D eigenvalue weighted by Crippen LogP contribution is -2.51. The van der Waals surface area contributed by atoms with E-state index in [0.29, 0.717) is 34.3 Å². The van der Waals surface area contributed by atoms with Crippen molar-refractivity contribution in [2.45, 2.75) is 32.4 Å². The van der Waals surface area contributed by atoms with Gasteiger partial charge < -0.3 is 15.0 Å². The van der Waals surface area contributed by atoms with Crippen LogP contribution in [0.4, 0.5) is 0 Å². The van der Waals surface area contributed by atoms with Crippen LogP contribution in [0.2, 0.25) is 10.0 Å². The third-order valence-corrected chi connectivity index (χ3v) is 6.62. The van der Waals surface area contributed by atoms with Gasteiger partial charge in [0.1, 0.15) is 11.8 Å². The predicted octanol–water partition coefficient (Wildman–Crippen LogP) is 6.30. The lowest BCUT2D eigenvalue weighted by molar-refractivity contribution is -0.142. The van der Waals surface area contributed by atoms with Gasteiger partial charge in [-0.15, -0.1) is 0 Å². The number of halogens is 3. The molecule has 5 nitrogen and oxygen atoms in total. The van der Waals surface area contributed by atoms with E-state index in [1.165, 1.54) is 4.90 Å². The fourth-order valence-electron chi connectivity index (χ4n) is 3.53. The standard InChI is InChI=1S/C27H27BrCl2N2O3/c1-2-15-31-27(34)25(16-19-7-4-3-5-8-19)32(17-22-23(29)9-6-10-24(22)30)26(33)18-35-21-13-11-20(28)12-14-21/h3-14,25H,2,15-18H2,1H3,(H,31,34). The third-order valence-electron chi connectivity index (χ3n) is 5.39. The zero-order chi connectivity index (χ0) is 25.2. The monoisotopic (exact) mass is 576 g/mol. The minimum absolute atomic E-state index is 0.0675. The average molecular weight is 578 g/mol. The summed E-state index contributed by atoms with van der Waals surface area (Å²) in [4.78, 5) is 28.4. The van der Waals surface area contributed by atoms with E-state index < -0.39 is 6.04 Å². The van der Waals surface area contributed by atoms with Crippen molar-refractivity contribution >= 4 is 50.9 Å². The molecule has 0 heterocycles. The lowest BCUT2D eigenvalue weighted by atomic mass is 10.0. The summed E-state index contributed by atoms with van der Waals surface area (Å²) < 4.78 is 6.66. The van der Waals surface area contributed by atoms with Gasteiger partial charge in [-0.25, -0.2) is 0 Å². The molecule has 0 bridgehead atoms. The number of hydrogen-bond donors (Lipinski definition) is 1. The second-order valence-corrected chi connectivity index (χ2v) is 9.69. The summed E-state index contributed by atoms with van der Waals surface area (Å²) in [6.07, 6.45) is 1.11. The molecular formula is C27H27BrCl2N2O3. The smallest absolute Gasteiger partial charge is 0.261 e. The van der Waals surface area contributed by atoms with E-state index in [1.54, 1.807) is 30.3 Å². The number of benzene rings is 3. The number of ether oxygens (including phenoxy) is 1. The van der Waals surface area contributed by atoms with Gasteiger partial charge in [0.2, 0.25) is 5.91 Å². The van der Waals surface area contributed by atoms with Crippen LogP contribution < -0.4 is 10.1 Å². The Labute approximate surface area is 224 Å². The summed E-state index contributed by atoms with van der Waals surface area (Å²) in [5, 5.41) is 3.79. The summed E-state index contributed by atoms with van der Waals surface area (Å²) in [5.74, 6) is -0.0420. The molecule has 184 valence electrons. The Morgan fingerprint density at radius 2 is 1.63 bits per heavy atom. The molecule has 1 unspecified atom stereocenters. The summed E-state index contributed by atoms with van der Waals surface area (Å²) in [6.45, 7) is 2.31. The second kappa shape index (κ2) is 13.5. The van der Waals surface area contributed by atoms with Crippen molar-refractivity contribution in [1.82, 2.24) is 10.2 Å². The summed E-state index contributed by atoms with van der Waals surface area (Å²) >= 11 is 16.3. The predicted molar refractivity (Wildman–Crippen MR) is 144 cm³/mol. The molecule has 0 aromatic heterocycles. The molecule has 0 saturated heterocycles. The van der Waals surface area contributed by atoms with Crippen molar-refractivity contribution in [2.24, 2.45) is 0 Å². The van der Waals surface area contributed by atoms with Crippen molar-refractivity contribution in [3.8, 4) is 5.75 Å². The van der Waals surface area contributed by atoms with Crippen LogP contribution in [0.25, 0.3) is 0 Å². The van der Waals surface area contributed by atoms with Crippen molar-refractivity contribution in [1.29, 1.82) is 0 Å². The number of amides is 2. The number of nitrogens with one attached hydrogen (secondary N) is 1. The van der Waals surface area contributed by atoms with E-state index in [0.717, 1.165) is 16.5 Å². The molecule has 3 rings (SSSR count). The SMILES string of the molecule is CCCNC(=O)C(Cc1ccccc1)N(Cc1c(Cl)cccc1Cl)C(=O)COc1ccc(Br)cc1. The first-order chi connectivity index (χ1) is 16.9. The minimum Gasteiger partial charge on any atom is -0.484 e. The number of carbonyl (C=O) groups excluding carboxylic acids is 2. The first-order valence-electron chi connectivity index (χ1n) is 11.3. The summed E-state index contributed by atoms with van der Waals surface area (Å²) in [7, 11) is 0. The van der Waals surface area contributed by atoms with Crippen LogP contribution in [0.3, 0.4) is 0 Å². The van der Waals surface area contributed by atoms with Gasteiger partial charge in [0.15, 0.2) is 6.61 Å². The maximum Gasteiger partial charge on any atom is 0.261 e. The van der Waals surface area contributed by atoms with Crippen LogP contribution in [-0.2, 0) is 22.6 Å². The lowest BCUT2D eigenvalue weighted by Gasteiger charge is -2.32. The molecule has 0 saturated carbocycles. The Balaban J connectivity index is 1.93. The third kappa shape index (κ3) is 7.99. The Morgan fingerprint density at radius 1 is 0.971 bits per heavy atom. The molecule has 8 heteroatoms. The van der Waals surface area contributed by atoms with Crippen LogP contribution in [0.15, 0.2) is 77.3 Å². The van der Waals surface area contributed by atoms with Crippen molar-refractivity contribution in [2.75, 3.05) is 13.2 Å². The molecule has 3 aromatic rings. The van der Waals surface area contributed by atoms with Crippen LogP contribution in [0.1, 0.15) is 24.5 Å². The first-order valence-corrected chi connectivity index (χ1v) is 12.9. The summed E-state index contributed by atoms with van der Waals surface area (Å²) in [5.41, 5.74) is 1.51. The van der Waals surface area contributed by atoms with Crippen molar-refractivity contribution < 1.29 is 14.3 Å². The molecule has 0 aliphatic heterocycles. The van der Waals surface area contributed by atoms with Gasteiger partial charge in [-0.05, 0) is 48.4 Å². The van der Waals surface area contributed by atoms with Crippen LogP contribution in [0, 0.1) is 0 Å². The molecule has 0 fully saturated rings. The largest absolute Gasteiger partial charge is 0.484 e. The van der Waals surface area contributed by atoms with Crippen molar-refractivity contribution in [3.63, 3.8) is 0 Å². The van der Waals surface area contributed by atoms with E-state index >= 15 is 0 Å². The molecule has 0 aliphatic carbocycles. The van der Waals surface area contributed by atoms with Gasteiger partial charge in [0, 0.05) is 39.6 Å². The highest BCUT2D eigenvalue weighted by Crippen LogP contribution is 2.27. The number of carbonyl (C=O) groups is 2. The maximum absolute atomic E-state index is 13.5. The van der Waals surface area contributed by atoms with E-state index in [1.807, 2.05) is 49.4 Å². The fraction of sp³-hybridized carbons (Fsp3) is 0.259. The highest BCUT2D eigenvalue weighted by atomic mass is 79.9. The van der Waals surface area contributed by atoms with Crippen LogP contribution in [0.5, 0.6) is 5.75 Å². The van der Waals surface area contributed by atoms with Gasteiger partial charge in [-0.2, -0.15) is 0 Å². The molecule has 2 amide bonds. The molecule has 0 aliphatic rings. The number of nitrogens with zero attached hydrogens (tertiary/aromatic N) is 1. The Kier molecular flexibility index (Phi) is 10.5. The topological polar surface area (TPSA) is 58.6 Å². The summed E-state index contributed by atoms with van der Waals surface area (Å²) in [6, 6.07) is 21.2. The van der Waals surface area contributed by atoms with Gasteiger partial charge in [0.05, 0.1) is 0 Å². The molecule has 1 N–H and O–H groups in total. The Morgan fingerprint density at radius 3 is 2.26 bits per heavy atom. The highest BCUT2D eigenvalue weighted by molar-refractivity contribution is 9.10. The zero-order valence-corrected chi connectivity index (χ0v) is 22.4. The quantitative estimate of drug-likeness (QED) is 0.291. The Hall–Kier alpha value is -2.54. The van der Waals surface area contributed by atoms with Crippen LogP contribution >= 0.6 is 39.1 Å². The molecule has 3 aromatic carbocycles. The van der Waals surface area contributed by atoms with Gasteiger partial charge >= 0.3 is 0 Å². The van der Waals surface area contributed by atoms with E-state index in [-0.39, 0.29) is 25.0 Å². The highest BCUT2D eigenvalue weighted by Gasteiger charge is 2.31. The first kappa shape index (κ1) is 27.1. The van der Waals surface area contributed by atoms with E-state index in [9.17, 15) is 9.59 Å². The zero-order valence-electron chi connectivity index (χ0n) is 19.3. The molecule has 35 heavy (non-hydrogen) atoms. The van der Waals surface area contributed by atoms with Gasteiger partial charge in [-0.3, -0.25) is 9.59 Å². The Bertz CT molecular complexity index is 1110. The molecule has 0 radical (unpaired) electrons. The van der Waals surface area contributed by atoms with Gasteiger partial charge in [-0.1, -0.05) is 82.5 Å². The van der Waals surface area contributed by atoms with Gasteiger partial charge in [0.25, 0.3) is 5.91 Å². The molecule has 1 atom stereocenters. The molecule has 0 spiro atoms. The average Bonchev–Trinajstić information content (AvgIpc) is 2.86. The minimum atomic E-state index is -0.780. The van der Waals surface area contributed by atoms with E-state index in [4.69, 9.17) is 27.9 Å². The van der Waals surface area contributed by atoms with Crippen molar-refractivity contribution in [3.05, 3.63) is 98.4 Å². The van der Waals surface area contributed by atoms with Crippen LogP contribution in [-0.4, -0.2) is 35.9 Å².